The molecule has 1 amide bonds. The summed E-state index contributed by atoms with van der Waals surface area (Å²) < 4.78 is 1.02. The molecule has 0 saturated heterocycles. The fraction of sp³-hybridized carbons (Fsp3) is 0.105. The average Bonchev–Trinajstić information content (AvgIpc) is 2.63. The summed E-state index contributed by atoms with van der Waals surface area (Å²) in [6, 6.07) is 13.1. The molecule has 0 radical (unpaired) electrons. The van der Waals surface area contributed by atoms with Crippen LogP contribution < -0.4 is 10.6 Å². The van der Waals surface area contributed by atoms with Gasteiger partial charge in [-0.3, -0.25) is 9.78 Å². The lowest BCUT2D eigenvalue weighted by Crippen LogP contribution is -2.23. The average molecular weight is 397 g/mol. The third-order valence-corrected chi connectivity index (χ3v) is 4.14. The summed E-state index contributed by atoms with van der Waals surface area (Å²) in [6.07, 6.45) is 5.06. The molecule has 0 aliphatic carbocycles. The van der Waals surface area contributed by atoms with Gasteiger partial charge in [0.2, 0.25) is 0 Å². The number of benzene rings is 1. The summed E-state index contributed by atoms with van der Waals surface area (Å²) in [5.41, 5.74) is 3.54. The van der Waals surface area contributed by atoms with Gasteiger partial charge in [0.05, 0.1) is 0 Å². The molecule has 3 rings (SSSR count). The number of hydrogen-bond donors (Lipinski definition) is 2. The molecule has 3 aromatic rings. The number of rotatable bonds is 5. The Morgan fingerprint density at radius 2 is 2.04 bits per heavy atom. The van der Waals surface area contributed by atoms with Crippen LogP contribution in [-0.4, -0.2) is 15.9 Å². The minimum Gasteiger partial charge on any atom is -0.348 e. The van der Waals surface area contributed by atoms with Crippen molar-refractivity contribution in [1.82, 2.24) is 15.3 Å². The lowest BCUT2D eigenvalue weighted by molar-refractivity contribution is 0.0951. The topological polar surface area (TPSA) is 66.9 Å². The molecule has 2 aromatic heterocycles. The largest absolute Gasteiger partial charge is 0.348 e. The fourth-order valence-corrected chi connectivity index (χ4v) is 2.81. The van der Waals surface area contributed by atoms with Gasteiger partial charge in [0.1, 0.15) is 5.82 Å². The molecular formula is C19H17BrN4O. The smallest absolute Gasteiger partial charge is 0.251 e. The Morgan fingerprint density at radius 3 is 2.80 bits per heavy atom. The predicted octanol–water partition coefficient (Wildman–Crippen LogP) is 4.22. The maximum Gasteiger partial charge on any atom is 0.251 e. The Kier molecular flexibility index (Phi) is 5.40. The van der Waals surface area contributed by atoms with Crippen molar-refractivity contribution in [1.29, 1.82) is 0 Å². The minimum atomic E-state index is -0.151. The normalized spacial score (nSPS) is 10.3. The zero-order chi connectivity index (χ0) is 17.6. The molecule has 0 bridgehead atoms. The molecule has 0 fully saturated rings. The molecular weight excluding hydrogens is 380 g/mol. The highest BCUT2D eigenvalue weighted by atomic mass is 79.9. The lowest BCUT2D eigenvalue weighted by Gasteiger charge is -2.10. The second-order valence-corrected chi connectivity index (χ2v) is 6.47. The van der Waals surface area contributed by atoms with E-state index in [2.05, 4.69) is 36.5 Å². The van der Waals surface area contributed by atoms with Gasteiger partial charge in [-0.2, -0.15) is 0 Å². The third kappa shape index (κ3) is 4.64. The number of anilines is 2. The molecule has 126 valence electrons. The number of hydrogen-bond acceptors (Lipinski definition) is 4. The van der Waals surface area contributed by atoms with Gasteiger partial charge in [-0.15, -0.1) is 0 Å². The molecule has 2 heterocycles. The first-order chi connectivity index (χ1) is 12.1. The van der Waals surface area contributed by atoms with Crippen LogP contribution in [0.2, 0.25) is 0 Å². The molecule has 2 N–H and O–H groups in total. The van der Waals surface area contributed by atoms with Crippen molar-refractivity contribution in [2.45, 2.75) is 13.5 Å². The van der Waals surface area contributed by atoms with Crippen molar-refractivity contribution < 1.29 is 4.79 Å². The van der Waals surface area contributed by atoms with E-state index in [1.807, 2.05) is 37.3 Å². The molecule has 0 aliphatic rings. The number of pyridine rings is 2. The van der Waals surface area contributed by atoms with Gasteiger partial charge < -0.3 is 10.6 Å². The zero-order valence-corrected chi connectivity index (χ0v) is 15.2. The monoisotopic (exact) mass is 396 g/mol. The summed E-state index contributed by atoms with van der Waals surface area (Å²) in [5, 5.41) is 6.13. The van der Waals surface area contributed by atoms with Crippen molar-refractivity contribution in [2.24, 2.45) is 0 Å². The third-order valence-electron chi connectivity index (χ3n) is 3.65. The number of aromatic nitrogens is 2. The van der Waals surface area contributed by atoms with Gasteiger partial charge in [0.25, 0.3) is 5.91 Å². The van der Waals surface area contributed by atoms with Crippen LogP contribution in [0.1, 0.15) is 21.5 Å². The second-order valence-electron chi connectivity index (χ2n) is 5.56. The zero-order valence-electron chi connectivity index (χ0n) is 13.7. The van der Waals surface area contributed by atoms with E-state index in [-0.39, 0.29) is 5.91 Å². The number of halogens is 1. The summed E-state index contributed by atoms with van der Waals surface area (Å²) in [6.45, 7) is 2.45. The number of nitrogens with one attached hydrogen (secondary N) is 2. The Balaban J connectivity index is 1.69. The van der Waals surface area contributed by atoms with Crippen LogP contribution in [0, 0.1) is 6.92 Å². The minimum absolute atomic E-state index is 0.151. The van der Waals surface area contributed by atoms with Gasteiger partial charge >= 0.3 is 0 Å². The van der Waals surface area contributed by atoms with E-state index in [1.165, 1.54) is 0 Å². The van der Waals surface area contributed by atoms with Crippen LogP contribution in [-0.2, 0) is 6.54 Å². The van der Waals surface area contributed by atoms with Crippen LogP contribution in [0.25, 0.3) is 0 Å². The summed E-state index contributed by atoms with van der Waals surface area (Å²) in [5.74, 6) is 0.473. The van der Waals surface area contributed by atoms with E-state index in [0.29, 0.717) is 17.9 Å². The molecule has 1 aromatic carbocycles. The molecule has 0 saturated carbocycles. The van der Waals surface area contributed by atoms with Gasteiger partial charge in [-0.1, -0.05) is 22.0 Å². The van der Waals surface area contributed by atoms with Crippen LogP contribution in [0.15, 0.2) is 65.5 Å². The van der Waals surface area contributed by atoms with Crippen LogP contribution >= 0.6 is 15.9 Å². The van der Waals surface area contributed by atoms with E-state index in [1.54, 1.807) is 30.7 Å². The van der Waals surface area contributed by atoms with Crippen LogP contribution in [0.4, 0.5) is 11.5 Å². The van der Waals surface area contributed by atoms with Crippen molar-refractivity contribution in [2.75, 3.05) is 5.32 Å². The second kappa shape index (κ2) is 7.90. The van der Waals surface area contributed by atoms with Crippen molar-refractivity contribution in [3.63, 3.8) is 0 Å². The molecule has 0 atom stereocenters. The highest BCUT2D eigenvalue weighted by Crippen LogP contribution is 2.23. The van der Waals surface area contributed by atoms with Crippen LogP contribution in [0.5, 0.6) is 0 Å². The van der Waals surface area contributed by atoms with Crippen molar-refractivity contribution in [3.8, 4) is 0 Å². The summed E-state index contributed by atoms with van der Waals surface area (Å²) >= 11 is 3.45. The van der Waals surface area contributed by atoms with E-state index in [4.69, 9.17) is 0 Å². The van der Waals surface area contributed by atoms with E-state index in [0.717, 1.165) is 21.3 Å². The molecule has 0 spiro atoms. The molecule has 0 unspecified atom stereocenters. The standard InChI is InChI=1S/C19H17BrN4O/c1-13-9-16(20)4-5-17(13)24-18-10-15(6-8-22-18)19(25)23-12-14-3-2-7-21-11-14/h2-11H,12H2,1H3,(H,22,24)(H,23,25). The van der Waals surface area contributed by atoms with E-state index >= 15 is 0 Å². The first-order valence-corrected chi connectivity index (χ1v) is 8.57. The predicted molar refractivity (Wildman–Crippen MR) is 102 cm³/mol. The SMILES string of the molecule is Cc1cc(Br)ccc1Nc1cc(C(=O)NCc2cccnc2)ccn1. The fourth-order valence-electron chi connectivity index (χ4n) is 2.33. The highest BCUT2D eigenvalue weighted by Gasteiger charge is 2.08. The number of carbonyl (C=O) groups excluding carboxylic acids is 1. The Labute approximate surface area is 154 Å². The van der Waals surface area contributed by atoms with Gasteiger partial charge in [-0.25, -0.2) is 4.98 Å². The molecule has 6 heteroatoms. The van der Waals surface area contributed by atoms with E-state index < -0.39 is 0 Å². The highest BCUT2D eigenvalue weighted by molar-refractivity contribution is 9.10. The Hall–Kier alpha value is -2.73. The number of aryl methyl sites for hydroxylation is 1. The Morgan fingerprint density at radius 1 is 1.16 bits per heavy atom. The first kappa shape index (κ1) is 17.1. The quantitative estimate of drug-likeness (QED) is 0.677. The van der Waals surface area contributed by atoms with Crippen molar-refractivity contribution in [3.05, 3.63) is 82.2 Å². The summed E-state index contributed by atoms with van der Waals surface area (Å²) in [7, 11) is 0. The van der Waals surface area contributed by atoms with Gasteiger partial charge in [0.15, 0.2) is 0 Å². The number of amides is 1. The lowest BCUT2D eigenvalue weighted by atomic mass is 10.2. The first-order valence-electron chi connectivity index (χ1n) is 7.78. The number of carbonyl (C=O) groups is 1. The van der Waals surface area contributed by atoms with Gasteiger partial charge in [-0.05, 0) is 54.4 Å². The van der Waals surface area contributed by atoms with Crippen LogP contribution in [0.3, 0.4) is 0 Å². The molecule has 25 heavy (non-hydrogen) atoms. The van der Waals surface area contributed by atoms with Crippen molar-refractivity contribution >= 4 is 33.3 Å². The number of nitrogens with zero attached hydrogens (tertiary/aromatic N) is 2. The Bertz CT molecular complexity index is 884. The maximum atomic E-state index is 12.3. The van der Waals surface area contributed by atoms with Gasteiger partial charge in [0, 0.05) is 40.9 Å². The summed E-state index contributed by atoms with van der Waals surface area (Å²) in [4.78, 5) is 20.7. The maximum absolute atomic E-state index is 12.3. The molecule has 5 nitrogen and oxygen atoms in total. The van der Waals surface area contributed by atoms with E-state index in [9.17, 15) is 4.79 Å². The molecule has 0 aliphatic heterocycles.